The van der Waals surface area contributed by atoms with E-state index in [9.17, 15) is 23.1 Å². The Balaban J connectivity index is 2.42. The zero-order valence-electron chi connectivity index (χ0n) is 11.4. The average molecular weight is 311 g/mol. The predicted octanol–water partition coefficient (Wildman–Crippen LogP) is 3.32. The van der Waals surface area contributed by atoms with Gasteiger partial charge < -0.3 is 15.2 Å². The summed E-state index contributed by atoms with van der Waals surface area (Å²) in [7, 11) is 1.47. The number of alkyl halides is 3. The number of halogens is 3. The SMILES string of the molecule is CNC(=O)c1cccc(-c2cc(O)cc(OC(F)(F)F)c2)c1. The van der Waals surface area contributed by atoms with Crippen molar-refractivity contribution in [3.63, 3.8) is 0 Å². The molecule has 2 aromatic rings. The minimum Gasteiger partial charge on any atom is -0.508 e. The van der Waals surface area contributed by atoms with E-state index in [1.54, 1.807) is 18.2 Å². The molecule has 0 aliphatic rings. The topological polar surface area (TPSA) is 58.6 Å². The van der Waals surface area contributed by atoms with Crippen molar-refractivity contribution >= 4 is 5.91 Å². The first-order valence-corrected chi connectivity index (χ1v) is 6.21. The Kier molecular flexibility index (Phi) is 4.25. The molecule has 0 radical (unpaired) electrons. The molecule has 22 heavy (non-hydrogen) atoms. The number of hydrogen-bond acceptors (Lipinski definition) is 3. The molecule has 0 saturated carbocycles. The van der Waals surface area contributed by atoms with E-state index in [4.69, 9.17) is 0 Å². The number of nitrogens with one attached hydrogen (secondary N) is 1. The van der Waals surface area contributed by atoms with Crippen molar-refractivity contribution in [2.45, 2.75) is 6.36 Å². The first kappa shape index (κ1) is 15.7. The Labute approximate surface area is 124 Å². The van der Waals surface area contributed by atoms with Crippen molar-refractivity contribution in [1.29, 1.82) is 0 Å². The molecule has 0 atom stereocenters. The average Bonchev–Trinajstić information content (AvgIpc) is 2.44. The molecule has 1 amide bonds. The number of rotatable bonds is 3. The van der Waals surface area contributed by atoms with Gasteiger partial charge in [0.05, 0.1) is 0 Å². The normalized spacial score (nSPS) is 11.1. The van der Waals surface area contributed by atoms with Gasteiger partial charge in [-0.3, -0.25) is 4.79 Å². The van der Waals surface area contributed by atoms with Gasteiger partial charge in [0.1, 0.15) is 11.5 Å². The van der Waals surface area contributed by atoms with Crippen molar-refractivity contribution in [1.82, 2.24) is 5.32 Å². The summed E-state index contributed by atoms with van der Waals surface area (Å²) < 4.78 is 40.6. The lowest BCUT2D eigenvalue weighted by molar-refractivity contribution is -0.274. The number of carbonyl (C=O) groups is 1. The number of aromatic hydroxyl groups is 1. The molecule has 0 spiro atoms. The van der Waals surface area contributed by atoms with Crippen LogP contribution in [0.2, 0.25) is 0 Å². The van der Waals surface area contributed by atoms with Crippen LogP contribution in [0.5, 0.6) is 11.5 Å². The van der Waals surface area contributed by atoms with Gasteiger partial charge >= 0.3 is 6.36 Å². The van der Waals surface area contributed by atoms with Crippen molar-refractivity contribution in [3.8, 4) is 22.6 Å². The predicted molar refractivity (Wildman–Crippen MR) is 73.6 cm³/mol. The number of benzene rings is 2. The fraction of sp³-hybridized carbons (Fsp3) is 0.133. The highest BCUT2D eigenvalue weighted by Gasteiger charge is 2.31. The van der Waals surface area contributed by atoms with Crippen LogP contribution in [0.3, 0.4) is 0 Å². The molecular weight excluding hydrogens is 299 g/mol. The van der Waals surface area contributed by atoms with Gasteiger partial charge in [-0.2, -0.15) is 0 Å². The molecule has 0 aromatic heterocycles. The van der Waals surface area contributed by atoms with E-state index in [-0.39, 0.29) is 11.7 Å². The second-order valence-electron chi connectivity index (χ2n) is 4.42. The molecule has 2 aromatic carbocycles. The van der Waals surface area contributed by atoms with Crippen molar-refractivity contribution in [3.05, 3.63) is 48.0 Å². The van der Waals surface area contributed by atoms with Gasteiger partial charge in [0.25, 0.3) is 5.91 Å². The molecule has 0 fully saturated rings. The fourth-order valence-electron chi connectivity index (χ4n) is 1.93. The van der Waals surface area contributed by atoms with Gasteiger partial charge in [-0.1, -0.05) is 12.1 Å². The minimum atomic E-state index is -4.85. The third-order valence-corrected chi connectivity index (χ3v) is 2.81. The molecule has 2 rings (SSSR count). The highest BCUT2D eigenvalue weighted by atomic mass is 19.4. The molecule has 2 N–H and O–H groups in total. The van der Waals surface area contributed by atoms with Gasteiger partial charge in [0.15, 0.2) is 0 Å². The molecular formula is C15H12F3NO3. The van der Waals surface area contributed by atoms with E-state index in [0.29, 0.717) is 16.7 Å². The van der Waals surface area contributed by atoms with Crippen LogP contribution < -0.4 is 10.1 Å². The second-order valence-corrected chi connectivity index (χ2v) is 4.42. The van der Waals surface area contributed by atoms with E-state index in [1.165, 1.54) is 19.2 Å². The Morgan fingerprint density at radius 1 is 1.14 bits per heavy atom. The van der Waals surface area contributed by atoms with E-state index in [1.807, 2.05) is 0 Å². The monoisotopic (exact) mass is 311 g/mol. The molecule has 0 saturated heterocycles. The Bertz CT molecular complexity index is 699. The van der Waals surface area contributed by atoms with Gasteiger partial charge in [-0.25, -0.2) is 0 Å². The van der Waals surface area contributed by atoms with Crippen LogP contribution in [-0.4, -0.2) is 24.4 Å². The second kappa shape index (κ2) is 5.97. The maximum Gasteiger partial charge on any atom is 0.573 e. The van der Waals surface area contributed by atoms with Crippen molar-refractivity contribution in [2.24, 2.45) is 0 Å². The molecule has 4 nitrogen and oxygen atoms in total. The van der Waals surface area contributed by atoms with Crippen LogP contribution in [0, 0.1) is 0 Å². The third-order valence-electron chi connectivity index (χ3n) is 2.81. The number of carbonyl (C=O) groups excluding carboxylic acids is 1. The first-order chi connectivity index (χ1) is 10.3. The Morgan fingerprint density at radius 2 is 1.86 bits per heavy atom. The Hall–Kier alpha value is -2.70. The fourth-order valence-corrected chi connectivity index (χ4v) is 1.93. The summed E-state index contributed by atoms with van der Waals surface area (Å²) >= 11 is 0. The van der Waals surface area contributed by atoms with Gasteiger partial charge in [-0.15, -0.1) is 13.2 Å². The summed E-state index contributed by atoms with van der Waals surface area (Å²) in [5.41, 5.74) is 1.12. The number of amides is 1. The first-order valence-electron chi connectivity index (χ1n) is 6.21. The molecule has 116 valence electrons. The molecule has 7 heteroatoms. The van der Waals surface area contributed by atoms with E-state index < -0.39 is 12.1 Å². The Morgan fingerprint density at radius 3 is 2.50 bits per heavy atom. The molecule has 0 bridgehead atoms. The number of hydrogen-bond donors (Lipinski definition) is 2. The van der Waals surface area contributed by atoms with Crippen LogP contribution in [0.4, 0.5) is 13.2 Å². The third kappa shape index (κ3) is 3.91. The summed E-state index contributed by atoms with van der Waals surface area (Å²) in [6.45, 7) is 0. The van der Waals surface area contributed by atoms with Gasteiger partial charge in [0, 0.05) is 18.7 Å². The van der Waals surface area contributed by atoms with Crippen molar-refractivity contribution < 1.29 is 27.8 Å². The van der Waals surface area contributed by atoms with E-state index >= 15 is 0 Å². The summed E-state index contributed by atoms with van der Waals surface area (Å²) in [5, 5.41) is 12.0. The highest BCUT2D eigenvalue weighted by molar-refractivity contribution is 5.95. The standard InChI is InChI=1S/C15H12F3NO3/c1-19-14(21)10-4-2-3-9(5-10)11-6-12(20)8-13(7-11)22-15(16,17)18/h2-8,20H,1H3,(H,19,21). The molecule has 0 unspecified atom stereocenters. The number of phenolic OH excluding ortho intramolecular Hbond substituents is 1. The zero-order chi connectivity index (χ0) is 16.3. The number of ether oxygens (including phenoxy) is 1. The maximum absolute atomic E-state index is 12.3. The summed E-state index contributed by atoms with van der Waals surface area (Å²) in [6.07, 6.45) is -4.85. The quantitative estimate of drug-likeness (QED) is 0.914. The summed E-state index contributed by atoms with van der Waals surface area (Å²) in [5.74, 6) is -1.23. The van der Waals surface area contributed by atoms with Crippen LogP contribution in [0.15, 0.2) is 42.5 Å². The minimum absolute atomic E-state index is 0.296. The maximum atomic E-state index is 12.3. The lowest BCUT2D eigenvalue weighted by Gasteiger charge is -2.11. The lowest BCUT2D eigenvalue weighted by atomic mass is 10.0. The molecule has 0 heterocycles. The van der Waals surface area contributed by atoms with Crippen LogP contribution in [0.25, 0.3) is 11.1 Å². The van der Waals surface area contributed by atoms with Crippen LogP contribution in [0.1, 0.15) is 10.4 Å². The largest absolute Gasteiger partial charge is 0.573 e. The zero-order valence-corrected chi connectivity index (χ0v) is 11.4. The smallest absolute Gasteiger partial charge is 0.508 e. The molecule has 0 aliphatic carbocycles. The van der Waals surface area contributed by atoms with Crippen molar-refractivity contribution in [2.75, 3.05) is 7.05 Å². The summed E-state index contributed by atoms with van der Waals surface area (Å²) in [4.78, 5) is 11.6. The summed E-state index contributed by atoms with van der Waals surface area (Å²) in [6, 6.07) is 9.55. The van der Waals surface area contributed by atoms with E-state index in [0.717, 1.165) is 12.1 Å². The number of phenols is 1. The van der Waals surface area contributed by atoms with E-state index in [2.05, 4.69) is 10.1 Å². The van der Waals surface area contributed by atoms with Crippen LogP contribution in [-0.2, 0) is 0 Å². The van der Waals surface area contributed by atoms with Gasteiger partial charge in [-0.05, 0) is 35.4 Å². The highest BCUT2D eigenvalue weighted by Crippen LogP contribution is 2.32. The van der Waals surface area contributed by atoms with Crippen LogP contribution >= 0.6 is 0 Å². The van der Waals surface area contributed by atoms with Gasteiger partial charge in [0.2, 0.25) is 0 Å². The molecule has 0 aliphatic heterocycles. The lowest BCUT2D eigenvalue weighted by Crippen LogP contribution is -2.17.